The van der Waals surface area contributed by atoms with Crippen molar-refractivity contribution >= 4 is 49.4 Å². The lowest BCUT2D eigenvalue weighted by Gasteiger charge is -2.23. The minimum absolute atomic E-state index is 0.148. The molecular weight excluding hydrogens is 628 g/mol. The molecule has 0 bridgehead atoms. The number of nitrogens with one attached hydrogen (secondary N) is 1. The number of hydrogen-bond donors (Lipinski definition) is 1. The van der Waals surface area contributed by atoms with Crippen LogP contribution in [0.1, 0.15) is 11.1 Å². The summed E-state index contributed by atoms with van der Waals surface area (Å²) in [5.74, 6) is 0.145. The predicted octanol–water partition coefficient (Wildman–Crippen LogP) is 5.29. The normalized spacial score (nSPS) is 11.2. The number of carbonyl (C=O) groups is 1. The number of nitro groups is 1. The SMILES string of the molecule is COc1cc(/C=N\NC(=O)CN(c2ccccc2)S(=O)(=O)c2ccccc2[N+](=O)[O-])cc(Br)c1OCc1ccccc1. The number of halogens is 1. The van der Waals surface area contributed by atoms with Crippen molar-refractivity contribution in [3.8, 4) is 11.5 Å². The van der Waals surface area contributed by atoms with Gasteiger partial charge in [-0.3, -0.25) is 19.2 Å². The molecule has 0 saturated heterocycles. The highest BCUT2D eigenvalue weighted by atomic mass is 79.9. The van der Waals surface area contributed by atoms with Crippen LogP contribution in [0.25, 0.3) is 0 Å². The van der Waals surface area contributed by atoms with Crippen molar-refractivity contribution in [2.24, 2.45) is 5.10 Å². The van der Waals surface area contributed by atoms with Gasteiger partial charge in [0.05, 0.1) is 28.4 Å². The number of ether oxygens (including phenoxy) is 2. The van der Waals surface area contributed by atoms with E-state index in [1.807, 2.05) is 30.3 Å². The molecule has 0 atom stereocenters. The van der Waals surface area contributed by atoms with E-state index in [0.717, 1.165) is 22.0 Å². The minimum atomic E-state index is -4.50. The maximum Gasteiger partial charge on any atom is 0.289 e. The summed E-state index contributed by atoms with van der Waals surface area (Å²) in [6.07, 6.45) is 1.36. The Morgan fingerprint density at radius 2 is 1.67 bits per heavy atom. The van der Waals surface area contributed by atoms with Crippen LogP contribution in [0.15, 0.2) is 112 Å². The number of anilines is 1. The smallest absolute Gasteiger partial charge is 0.289 e. The summed E-state index contributed by atoms with van der Waals surface area (Å²) in [6, 6.07) is 25.8. The van der Waals surface area contributed by atoms with Crippen LogP contribution < -0.4 is 19.2 Å². The quantitative estimate of drug-likeness (QED) is 0.125. The van der Waals surface area contributed by atoms with Gasteiger partial charge in [-0.2, -0.15) is 5.10 Å². The van der Waals surface area contributed by atoms with E-state index < -0.39 is 38.0 Å². The third-order valence-electron chi connectivity index (χ3n) is 5.84. The maximum absolute atomic E-state index is 13.5. The number of para-hydroxylation sites is 2. The average Bonchev–Trinajstić information content (AvgIpc) is 3.00. The number of sulfonamides is 1. The van der Waals surface area contributed by atoms with E-state index in [0.29, 0.717) is 28.1 Å². The van der Waals surface area contributed by atoms with Crippen molar-refractivity contribution < 1.29 is 27.6 Å². The van der Waals surface area contributed by atoms with Gasteiger partial charge in [-0.1, -0.05) is 60.7 Å². The monoisotopic (exact) mass is 652 g/mol. The fourth-order valence-electron chi connectivity index (χ4n) is 3.88. The molecule has 0 spiro atoms. The lowest BCUT2D eigenvalue weighted by atomic mass is 10.2. The van der Waals surface area contributed by atoms with Gasteiger partial charge in [0.25, 0.3) is 21.6 Å². The topological polar surface area (TPSA) is 140 Å². The fraction of sp³-hybridized carbons (Fsp3) is 0.103. The number of carbonyl (C=O) groups excluding carboxylic acids is 1. The molecule has 13 heteroatoms. The lowest BCUT2D eigenvalue weighted by molar-refractivity contribution is -0.387. The molecular formula is C29H25BrN4O7S. The molecule has 0 unspecified atom stereocenters. The van der Waals surface area contributed by atoms with Crippen LogP contribution in [-0.2, 0) is 21.4 Å². The summed E-state index contributed by atoms with van der Waals surface area (Å²) in [6.45, 7) is -0.360. The first kappa shape index (κ1) is 30.2. The first-order valence-corrected chi connectivity index (χ1v) is 14.6. The van der Waals surface area contributed by atoms with E-state index in [4.69, 9.17) is 9.47 Å². The summed E-state index contributed by atoms with van der Waals surface area (Å²) in [5, 5.41) is 15.5. The highest BCUT2D eigenvalue weighted by molar-refractivity contribution is 9.10. The highest BCUT2D eigenvalue weighted by Crippen LogP contribution is 2.37. The standard InChI is InChI=1S/C29H25BrN4O7S/c1-40-26-17-22(16-24(30)29(26)41-20-21-10-4-2-5-11-21)18-31-32-28(35)19-33(23-12-6-3-7-13-23)42(38,39)27-15-9-8-14-25(27)34(36)37/h2-18H,19-20H2,1H3,(H,32,35)/b31-18-. The Morgan fingerprint density at radius 1 is 1.02 bits per heavy atom. The van der Waals surface area contributed by atoms with E-state index in [1.165, 1.54) is 37.6 Å². The molecule has 0 aliphatic heterocycles. The fourth-order valence-corrected chi connectivity index (χ4v) is 6.04. The number of benzene rings is 4. The van der Waals surface area contributed by atoms with E-state index in [9.17, 15) is 23.3 Å². The van der Waals surface area contributed by atoms with Crippen LogP contribution in [0.2, 0.25) is 0 Å². The van der Waals surface area contributed by atoms with E-state index >= 15 is 0 Å². The van der Waals surface area contributed by atoms with Gasteiger partial charge in [0.1, 0.15) is 13.2 Å². The zero-order valence-corrected chi connectivity index (χ0v) is 24.6. The van der Waals surface area contributed by atoms with Gasteiger partial charge in [-0.05, 0) is 57.4 Å². The molecule has 0 heterocycles. The number of nitro benzene ring substituents is 1. The first-order chi connectivity index (χ1) is 20.2. The molecule has 0 fully saturated rings. The molecule has 0 radical (unpaired) electrons. The number of nitrogens with zero attached hydrogens (tertiary/aromatic N) is 3. The average molecular weight is 654 g/mol. The van der Waals surface area contributed by atoms with Gasteiger partial charge in [0.2, 0.25) is 0 Å². The molecule has 4 aromatic rings. The maximum atomic E-state index is 13.5. The summed E-state index contributed by atoms with van der Waals surface area (Å²) in [5.41, 5.74) is 3.39. The van der Waals surface area contributed by atoms with Gasteiger partial charge in [-0.25, -0.2) is 13.8 Å². The van der Waals surface area contributed by atoms with Crippen LogP contribution in [0.5, 0.6) is 11.5 Å². The highest BCUT2D eigenvalue weighted by Gasteiger charge is 2.33. The second-order valence-corrected chi connectivity index (χ2v) is 11.4. The van der Waals surface area contributed by atoms with Crippen molar-refractivity contribution in [1.29, 1.82) is 0 Å². The molecule has 4 rings (SSSR count). The predicted molar refractivity (Wildman–Crippen MR) is 161 cm³/mol. The largest absolute Gasteiger partial charge is 0.493 e. The van der Waals surface area contributed by atoms with Crippen LogP contribution in [-0.4, -0.2) is 39.1 Å². The Bertz CT molecular complexity index is 1700. The Morgan fingerprint density at radius 3 is 2.33 bits per heavy atom. The second kappa shape index (κ2) is 13.7. The van der Waals surface area contributed by atoms with Crippen LogP contribution >= 0.6 is 15.9 Å². The Balaban J connectivity index is 1.51. The molecule has 1 N–H and O–H groups in total. The summed E-state index contributed by atoms with van der Waals surface area (Å²) >= 11 is 3.48. The molecule has 0 aliphatic rings. The first-order valence-electron chi connectivity index (χ1n) is 12.4. The molecule has 0 aliphatic carbocycles. The molecule has 42 heavy (non-hydrogen) atoms. The van der Waals surface area contributed by atoms with Crippen molar-refractivity contribution in [2.75, 3.05) is 18.0 Å². The molecule has 0 saturated carbocycles. The van der Waals surface area contributed by atoms with Crippen LogP contribution in [0, 0.1) is 10.1 Å². The zero-order valence-electron chi connectivity index (χ0n) is 22.2. The van der Waals surface area contributed by atoms with Crippen molar-refractivity contribution in [1.82, 2.24) is 5.43 Å². The Labute approximate surface area is 250 Å². The number of hydrazone groups is 1. The Kier molecular flexibility index (Phi) is 9.89. The minimum Gasteiger partial charge on any atom is -0.493 e. The molecule has 216 valence electrons. The van der Waals surface area contributed by atoms with Gasteiger partial charge in [0, 0.05) is 6.07 Å². The Hall–Kier alpha value is -4.75. The van der Waals surface area contributed by atoms with Gasteiger partial charge in [0.15, 0.2) is 16.4 Å². The summed E-state index contributed by atoms with van der Waals surface area (Å²) < 4.78 is 39.9. The summed E-state index contributed by atoms with van der Waals surface area (Å²) in [4.78, 5) is 23.1. The number of hydrogen-bond acceptors (Lipinski definition) is 8. The third kappa shape index (κ3) is 7.30. The van der Waals surface area contributed by atoms with Crippen molar-refractivity contribution in [3.63, 3.8) is 0 Å². The molecule has 4 aromatic carbocycles. The lowest BCUT2D eigenvalue weighted by Crippen LogP contribution is -2.39. The number of rotatable bonds is 12. The summed E-state index contributed by atoms with van der Waals surface area (Å²) in [7, 11) is -3.01. The van der Waals surface area contributed by atoms with Crippen molar-refractivity contribution in [2.45, 2.75) is 11.5 Å². The zero-order chi connectivity index (χ0) is 30.1. The van der Waals surface area contributed by atoms with E-state index in [-0.39, 0.29) is 5.69 Å². The molecule has 0 aromatic heterocycles. The van der Waals surface area contributed by atoms with Gasteiger partial charge < -0.3 is 9.47 Å². The third-order valence-corrected chi connectivity index (χ3v) is 8.25. The van der Waals surface area contributed by atoms with E-state index in [2.05, 4.69) is 26.5 Å². The van der Waals surface area contributed by atoms with Crippen LogP contribution in [0.4, 0.5) is 11.4 Å². The van der Waals surface area contributed by atoms with Gasteiger partial charge in [-0.15, -0.1) is 0 Å². The molecule has 1 amide bonds. The molecule has 11 nitrogen and oxygen atoms in total. The van der Waals surface area contributed by atoms with Crippen LogP contribution in [0.3, 0.4) is 0 Å². The second-order valence-electron chi connectivity index (χ2n) is 8.67. The number of amides is 1. The van der Waals surface area contributed by atoms with Gasteiger partial charge >= 0.3 is 0 Å². The van der Waals surface area contributed by atoms with Crippen molar-refractivity contribution in [3.05, 3.63) is 123 Å². The van der Waals surface area contributed by atoms with E-state index in [1.54, 1.807) is 30.3 Å². The number of methoxy groups -OCH3 is 1.